The van der Waals surface area contributed by atoms with E-state index >= 15 is 0 Å². The Hall–Kier alpha value is -1.29. The predicted octanol–water partition coefficient (Wildman–Crippen LogP) is 1.99. The first-order chi connectivity index (χ1) is 8.29. The van der Waals surface area contributed by atoms with Gasteiger partial charge in [0.15, 0.2) is 0 Å². The summed E-state index contributed by atoms with van der Waals surface area (Å²) >= 11 is 0. The minimum atomic E-state index is 0.544. The lowest BCUT2D eigenvalue weighted by Gasteiger charge is -2.32. The van der Waals surface area contributed by atoms with Gasteiger partial charge >= 0.3 is 0 Å². The zero-order valence-electron chi connectivity index (χ0n) is 10.6. The number of nitrogens with zero attached hydrogens (tertiary/aromatic N) is 2. The molecule has 0 saturated carbocycles. The molecule has 1 aliphatic heterocycles. The smallest absolute Gasteiger partial charge is 0.139 e. The van der Waals surface area contributed by atoms with Gasteiger partial charge in [-0.25, -0.2) is 0 Å². The molecule has 0 aliphatic carbocycles. The van der Waals surface area contributed by atoms with Gasteiger partial charge in [0.25, 0.3) is 0 Å². The topological polar surface area (TPSA) is 37.4 Å². The summed E-state index contributed by atoms with van der Waals surface area (Å²) in [7, 11) is 4.06. The Labute approximate surface area is 103 Å². The van der Waals surface area contributed by atoms with Crippen molar-refractivity contribution in [2.45, 2.75) is 25.3 Å². The molecule has 17 heavy (non-hydrogen) atoms. The molecule has 1 atom stereocenters. The Morgan fingerprint density at radius 3 is 3.12 bits per heavy atom. The molecule has 0 spiro atoms. The normalized spacial score (nSPS) is 21.2. The van der Waals surface area contributed by atoms with E-state index in [0.717, 1.165) is 18.0 Å². The number of hydrogen-bond acceptors (Lipinski definition) is 4. The van der Waals surface area contributed by atoms with Crippen molar-refractivity contribution in [2.75, 3.05) is 32.6 Å². The van der Waals surface area contributed by atoms with E-state index in [9.17, 15) is 0 Å². The number of pyridine rings is 1. The molecule has 1 unspecified atom stereocenters. The second kappa shape index (κ2) is 5.87. The molecule has 0 aromatic carbocycles. The van der Waals surface area contributed by atoms with Gasteiger partial charge in [-0.15, -0.1) is 0 Å². The number of anilines is 1. The van der Waals surface area contributed by atoms with E-state index < -0.39 is 0 Å². The van der Waals surface area contributed by atoms with Gasteiger partial charge in [0.05, 0.1) is 18.1 Å². The number of ether oxygens (including phenoxy) is 1. The Morgan fingerprint density at radius 1 is 1.47 bits per heavy atom. The van der Waals surface area contributed by atoms with E-state index in [0.29, 0.717) is 6.04 Å². The van der Waals surface area contributed by atoms with Crippen molar-refractivity contribution in [3.05, 3.63) is 18.5 Å². The maximum absolute atomic E-state index is 5.81. The number of hydrogen-bond donors (Lipinski definition) is 1. The van der Waals surface area contributed by atoms with Crippen molar-refractivity contribution < 1.29 is 4.74 Å². The molecule has 94 valence electrons. The second-order valence-electron chi connectivity index (χ2n) is 4.60. The molecule has 1 fully saturated rings. The van der Waals surface area contributed by atoms with Crippen LogP contribution in [0.15, 0.2) is 18.5 Å². The molecule has 0 radical (unpaired) electrons. The van der Waals surface area contributed by atoms with Crippen LogP contribution in [0.4, 0.5) is 5.69 Å². The predicted molar refractivity (Wildman–Crippen MR) is 69.5 cm³/mol. The van der Waals surface area contributed by atoms with Gasteiger partial charge in [-0.1, -0.05) is 6.42 Å². The van der Waals surface area contributed by atoms with E-state index in [-0.39, 0.29) is 0 Å². The lowest BCUT2D eigenvalue weighted by Crippen LogP contribution is -2.40. The van der Waals surface area contributed by atoms with Gasteiger partial charge in [0.2, 0.25) is 0 Å². The first-order valence-electron chi connectivity index (χ1n) is 6.25. The number of nitrogens with one attached hydrogen (secondary N) is 1. The minimum absolute atomic E-state index is 0.544. The first-order valence-corrected chi connectivity index (χ1v) is 6.25. The van der Waals surface area contributed by atoms with Crippen molar-refractivity contribution in [3.8, 4) is 5.75 Å². The monoisotopic (exact) mass is 235 g/mol. The van der Waals surface area contributed by atoms with E-state index in [4.69, 9.17) is 4.74 Å². The third-order valence-electron chi connectivity index (χ3n) is 3.37. The number of likely N-dealkylation sites (tertiary alicyclic amines) is 1. The zero-order chi connectivity index (χ0) is 12.1. The highest BCUT2D eigenvalue weighted by atomic mass is 16.5. The van der Waals surface area contributed by atoms with E-state index in [1.165, 1.54) is 25.8 Å². The summed E-state index contributed by atoms with van der Waals surface area (Å²) in [6, 6.07) is 2.53. The molecule has 4 nitrogen and oxygen atoms in total. The maximum Gasteiger partial charge on any atom is 0.139 e. The summed E-state index contributed by atoms with van der Waals surface area (Å²) in [5.74, 6) is 0.843. The molecule has 1 saturated heterocycles. The first kappa shape index (κ1) is 12.2. The Morgan fingerprint density at radius 2 is 2.35 bits per heavy atom. The number of aromatic nitrogens is 1. The van der Waals surface area contributed by atoms with Gasteiger partial charge < -0.3 is 15.0 Å². The fraction of sp³-hybridized carbons (Fsp3) is 0.615. The van der Waals surface area contributed by atoms with E-state index in [2.05, 4.69) is 22.2 Å². The lowest BCUT2D eigenvalue weighted by atomic mass is 10.0. The zero-order valence-corrected chi connectivity index (χ0v) is 10.6. The fourth-order valence-electron chi connectivity index (χ4n) is 2.18. The fourth-order valence-corrected chi connectivity index (χ4v) is 2.18. The lowest BCUT2D eigenvalue weighted by molar-refractivity contribution is 0.125. The molecular weight excluding hydrogens is 214 g/mol. The van der Waals surface area contributed by atoms with Crippen molar-refractivity contribution in [1.29, 1.82) is 0 Å². The van der Waals surface area contributed by atoms with Crippen LogP contribution in [0.2, 0.25) is 0 Å². The van der Waals surface area contributed by atoms with Gasteiger partial charge in [0.1, 0.15) is 12.4 Å². The van der Waals surface area contributed by atoms with Crippen molar-refractivity contribution in [3.63, 3.8) is 0 Å². The highest BCUT2D eigenvalue weighted by Gasteiger charge is 2.19. The van der Waals surface area contributed by atoms with Gasteiger partial charge in [-0.2, -0.15) is 0 Å². The van der Waals surface area contributed by atoms with Crippen molar-refractivity contribution >= 4 is 5.69 Å². The molecule has 4 heteroatoms. The standard InChI is InChI=1S/C13H21N3O/c1-14-11-7-13(9-15-8-11)17-10-12-5-3-4-6-16(12)2/h7-9,12,14H,3-6,10H2,1-2H3. The average molecular weight is 235 g/mol. The second-order valence-corrected chi connectivity index (χ2v) is 4.60. The number of piperidine rings is 1. The van der Waals surface area contributed by atoms with Crippen LogP contribution in [0.25, 0.3) is 0 Å². The van der Waals surface area contributed by atoms with Gasteiger partial charge in [0, 0.05) is 19.2 Å². The molecule has 0 amide bonds. The summed E-state index contributed by atoms with van der Waals surface area (Å²) in [5, 5.41) is 3.06. The molecule has 1 N–H and O–H groups in total. The highest BCUT2D eigenvalue weighted by Crippen LogP contribution is 2.18. The number of rotatable bonds is 4. The number of likely N-dealkylation sites (N-methyl/N-ethyl adjacent to an activating group) is 1. The summed E-state index contributed by atoms with van der Waals surface area (Å²) in [5.41, 5.74) is 0.986. The molecule has 1 aromatic heterocycles. The third kappa shape index (κ3) is 3.33. The van der Waals surface area contributed by atoms with Gasteiger partial charge in [-0.05, 0) is 26.4 Å². The SMILES string of the molecule is CNc1cncc(OCC2CCCCN2C)c1. The van der Waals surface area contributed by atoms with Crippen LogP contribution < -0.4 is 10.1 Å². The van der Waals surface area contributed by atoms with Crippen molar-refractivity contribution in [2.24, 2.45) is 0 Å². The third-order valence-corrected chi connectivity index (χ3v) is 3.37. The van der Waals surface area contributed by atoms with Crippen LogP contribution in [0.5, 0.6) is 5.75 Å². The van der Waals surface area contributed by atoms with Crippen molar-refractivity contribution in [1.82, 2.24) is 9.88 Å². The summed E-state index contributed by atoms with van der Waals surface area (Å²) in [6.07, 6.45) is 7.41. The van der Waals surface area contributed by atoms with Crippen LogP contribution in [-0.2, 0) is 0 Å². The summed E-state index contributed by atoms with van der Waals surface area (Å²) in [6.45, 7) is 1.94. The Balaban J connectivity index is 1.88. The summed E-state index contributed by atoms with van der Waals surface area (Å²) < 4.78 is 5.81. The quantitative estimate of drug-likeness (QED) is 0.866. The summed E-state index contributed by atoms with van der Waals surface area (Å²) in [4.78, 5) is 6.52. The molecule has 2 rings (SSSR count). The minimum Gasteiger partial charge on any atom is -0.490 e. The van der Waals surface area contributed by atoms with Crippen LogP contribution in [0, 0.1) is 0 Å². The van der Waals surface area contributed by atoms with Gasteiger partial charge in [-0.3, -0.25) is 4.98 Å². The van der Waals surface area contributed by atoms with Crippen LogP contribution in [0.1, 0.15) is 19.3 Å². The van der Waals surface area contributed by atoms with Crippen LogP contribution >= 0.6 is 0 Å². The van der Waals surface area contributed by atoms with Crippen LogP contribution in [-0.4, -0.2) is 43.2 Å². The van der Waals surface area contributed by atoms with Crippen LogP contribution in [0.3, 0.4) is 0 Å². The molecule has 1 aromatic rings. The average Bonchev–Trinajstić information content (AvgIpc) is 2.38. The highest BCUT2D eigenvalue weighted by molar-refractivity contribution is 5.44. The molecule has 1 aliphatic rings. The Bertz CT molecular complexity index is 356. The molecular formula is C13H21N3O. The molecule has 2 heterocycles. The molecule has 0 bridgehead atoms. The maximum atomic E-state index is 5.81. The van der Waals surface area contributed by atoms with E-state index in [1.54, 1.807) is 12.4 Å². The Kier molecular flexibility index (Phi) is 4.20. The van der Waals surface area contributed by atoms with E-state index in [1.807, 2.05) is 13.1 Å². The largest absolute Gasteiger partial charge is 0.490 e.